The van der Waals surface area contributed by atoms with Gasteiger partial charge in [-0.25, -0.2) is 0 Å². The van der Waals surface area contributed by atoms with E-state index in [1.807, 2.05) is 12.2 Å². The van der Waals surface area contributed by atoms with E-state index in [1.54, 1.807) is 26.0 Å². The SMILES string of the molecule is CC(C)(O)CC1C=CC=CC1=O. The van der Waals surface area contributed by atoms with Gasteiger partial charge in [0.2, 0.25) is 0 Å². The molecular formula is C10H14O2. The van der Waals surface area contributed by atoms with Gasteiger partial charge in [0.1, 0.15) is 0 Å². The number of carbonyl (C=O) groups excluding carboxylic acids is 1. The Morgan fingerprint density at radius 1 is 1.50 bits per heavy atom. The largest absolute Gasteiger partial charge is 0.390 e. The third kappa shape index (κ3) is 2.62. The molecule has 0 heterocycles. The highest BCUT2D eigenvalue weighted by molar-refractivity contribution is 5.94. The molecule has 2 nitrogen and oxygen atoms in total. The van der Waals surface area contributed by atoms with Crippen molar-refractivity contribution in [3.05, 3.63) is 24.3 Å². The van der Waals surface area contributed by atoms with Crippen LogP contribution in [-0.4, -0.2) is 16.5 Å². The molecule has 0 spiro atoms. The fraction of sp³-hybridized carbons (Fsp3) is 0.500. The first-order chi connectivity index (χ1) is 5.49. The Morgan fingerprint density at radius 2 is 2.17 bits per heavy atom. The summed E-state index contributed by atoms with van der Waals surface area (Å²) in [5, 5.41) is 9.48. The molecule has 2 heteroatoms. The zero-order chi connectivity index (χ0) is 9.19. The average molecular weight is 166 g/mol. The normalized spacial score (nSPS) is 23.2. The van der Waals surface area contributed by atoms with Crippen LogP contribution >= 0.6 is 0 Å². The third-order valence-corrected chi connectivity index (χ3v) is 1.80. The monoisotopic (exact) mass is 166 g/mol. The predicted molar refractivity (Wildman–Crippen MR) is 47.7 cm³/mol. The quantitative estimate of drug-likeness (QED) is 0.674. The van der Waals surface area contributed by atoms with Gasteiger partial charge in [-0.2, -0.15) is 0 Å². The molecule has 1 atom stereocenters. The van der Waals surface area contributed by atoms with Crippen molar-refractivity contribution in [1.29, 1.82) is 0 Å². The Balaban J connectivity index is 2.59. The van der Waals surface area contributed by atoms with Gasteiger partial charge in [0.25, 0.3) is 0 Å². The molecule has 0 radical (unpaired) electrons. The Morgan fingerprint density at radius 3 is 2.67 bits per heavy atom. The minimum Gasteiger partial charge on any atom is -0.390 e. The summed E-state index contributed by atoms with van der Waals surface area (Å²) in [6, 6.07) is 0. The van der Waals surface area contributed by atoms with Gasteiger partial charge in [-0.1, -0.05) is 18.2 Å². The van der Waals surface area contributed by atoms with Gasteiger partial charge < -0.3 is 5.11 Å². The molecule has 0 aromatic rings. The lowest BCUT2D eigenvalue weighted by Crippen LogP contribution is -2.26. The van der Waals surface area contributed by atoms with Crippen LogP contribution < -0.4 is 0 Å². The summed E-state index contributed by atoms with van der Waals surface area (Å²) in [7, 11) is 0. The highest BCUT2D eigenvalue weighted by Gasteiger charge is 2.23. The smallest absolute Gasteiger partial charge is 0.162 e. The second kappa shape index (κ2) is 3.23. The molecule has 0 amide bonds. The van der Waals surface area contributed by atoms with Crippen LogP contribution in [0.4, 0.5) is 0 Å². The number of hydrogen-bond acceptors (Lipinski definition) is 2. The van der Waals surface area contributed by atoms with E-state index in [0.717, 1.165) is 0 Å². The number of carbonyl (C=O) groups is 1. The number of ketones is 1. The first-order valence-electron chi connectivity index (χ1n) is 4.10. The summed E-state index contributed by atoms with van der Waals surface area (Å²) >= 11 is 0. The van der Waals surface area contributed by atoms with Crippen molar-refractivity contribution in [3.8, 4) is 0 Å². The highest BCUT2D eigenvalue weighted by Crippen LogP contribution is 2.20. The van der Waals surface area contributed by atoms with E-state index in [9.17, 15) is 9.90 Å². The summed E-state index contributed by atoms with van der Waals surface area (Å²) in [6.45, 7) is 3.43. The predicted octanol–water partition coefficient (Wildman–Crippen LogP) is 1.46. The van der Waals surface area contributed by atoms with Gasteiger partial charge >= 0.3 is 0 Å². The number of rotatable bonds is 2. The molecule has 0 aromatic carbocycles. The molecule has 1 N–H and O–H groups in total. The molecule has 0 aliphatic heterocycles. The van der Waals surface area contributed by atoms with Crippen LogP contribution in [0.2, 0.25) is 0 Å². The molecule has 0 saturated heterocycles. The highest BCUT2D eigenvalue weighted by atomic mass is 16.3. The van der Waals surface area contributed by atoms with E-state index in [1.165, 1.54) is 0 Å². The molecule has 1 aliphatic rings. The molecule has 0 saturated carbocycles. The van der Waals surface area contributed by atoms with Gasteiger partial charge in [-0.3, -0.25) is 4.79 Å². The molecule has 0 aromatic heterocycles. The fourth-order valence-corrected chi connectivity index (χ4v) is 1.27. The van der Waals surface area contributed by atoms with Crippen molar-refractivity contribution in [3.63, 3.8) is 0 Å². The van der Waals surface area contributed by atoms with Crippen LogP contribution in [0.1, 0.15) is 20.3 Å². The molecule has 0 bridgehead atoms. The lowest BCUT2D eigenvalue weighted by molar-refractivity contribution is -0.118. The van der Waals surface area contributed by atoms with Gasteiger partial charge in [0.05, 0.1) is 5.60 Å². The molecule has 1 unspecified atom stereocenters. The van der Waals surface area contributed by atoms with E-state index >= 15 is 0 Å². The summed E-state index contributed by atoms with van der Waals surface area (Å²) in [4.78, 5) is 11.2. The van der Waals surface area contributed by atoms with Crippen LogP contribution in [0.5, 0.6) is 0 Å². The minimum atomic E-state index is -0.768. The van der Waals surface area contributed by atoms with Crippen LogP contribution in [0.25, 0.3) is 0 Å². The van der Waals surface area contributed by atoms with Gasteiger partial charge in [0.15, 0.2) is 5.78 Å². The Kier molecular flexibility index (Phi) is 2.48. The van der Waals surface area contributed by atoms with E-state index < -0.39 is 5.60 Å². The maximum atomic E-state index is 11.2. The number of allylic oxidation sites excluding steroid dienone is 4. The molecule has 1 aliphatic carbocycles. The van der Waals surface area contributed by atoms with Crippen molar-refractivity contribution >= 4 is 5.78 Å². The van der Waals surface area contributed by atoms with E-state index in [0.29, 0.717) is 6.42 Å². The van der Waals surface area contributed by atoms with E-state index in [-0.39, 0.29) is 11.7 Å². The van der Waals surface area contributed by atoms with E-state index in [4.69, 9.17) is 0 Å². The van der Waals surface area contributed by atoms with Crippen LogP contribution in [0, 0.1) is 5.92 Å². The molecular weight excluding hydrogens is 152 g/mol. The average Bonchev–Trinajstić information content (AvgIpc) is 1.91. The van der Waals surface area contributed by atoms with Gasteiger partial charge in [-0.05, 0) is 26.3 Å². The van der Waals surface area contributed by atoms with E-state index in [2.05, 4.69) is 0 Å². The summed E-state index contributed by atoms with van der Waals surface area (Å²) in [6.07, 6.45) is 7.45. The summed E-state index contributed by atoms with van der Waals surface area (Å²) in [5.41, 5.74) is -0.768. The summed E-state index contributed by atoms with van der Waals surface area (Å²) < 4.78 is 0. The van der Waals surface area contributed by atoms with Crippen molar-refractivity contribution < 1.29 is 9.90 Å². The number of aliphatic hydroxyl groups is 1. The van der Waals surface area contributed by atoms with Crippen molar-refractivity contribution in [2.75, 3.05) is 0 Å². The minimum absolute atomic E-state index is 0.0830. The Labute approximate surface area is 72.6 Å². The molecule has 0 fully saturated rings. The lowest BCUT2D eigenvalue weighted by Gasteiger charge is -2.21. The second-order valence-electron chi connectivity index (χ2n) is 3.77. The Hall–Kier alpha value is -0.890. The third-order valence-electron chi connectivity index (χ3n) is 1.80. The summed E-state index contributed by atoms with van der Waals surface area (Å²) in [5.74, 6) is -0.0605. The van der Waals surface area contributed by atoms with Gasteiger partial charge in [0, 0.05) is 5.92 Å². The molecule has 1 rings (SSSR count). The first kappa shape index (κ1) is 9.20. The standard InChI is InChI=1S/C10H14O2/c1-10(2,12)7-8-5-3-4-6-9(8)11/h3-6,8,12H,7H2,1-2H3. The maximum absolute atomic E-state index is 11.2. The van der Waals surface area contributed by atoms with Crippen LogP contribution in [0.3, 0.4) is 0 Å². The maximum Gasteiger partial charge on any atom is 0.162 e. The Bertz CT molecular complexity index is 231. The zero-order valence-corrected chi connectivity index (χ0v) is 7.45. The molecule has 12 heavy (non-hydrogen) atoms. The van der Waals surface area contributed by atoms with Crippen LogP contribution in [0.15, 0.2) is 24.3 Å². The second-order valence-corrected chi connectivity index (χ2v) is 3.77. The lowest BCUT2D eigenvalue weighted by atomic mass is 9.88. The van der Waals surface area contributed by atoms with Gasteiger partial charge in [-0.15, -0.1) is 0 Å². The van der Waals surface area contributed by atoms with Crippen LogP contribution in [-0.2, 0) is 4.79 Å². The van der Waals surface area contributed by atoms with Crippen molar-refractivity contribution in [2.24, 2.45) is 5.92 Å². The topological polar surface area (TPSA) is 37.3 Å². The number of hydrogen-bond donors (Lipinski definition) is 1. The first-order valence-corrected chi connectivity index (χ1v) is 4.10. The van der Waals surface area contributed by atoms with Crippen molar-refractivity contribution in [1.82, 2.24) is 0 Å². The fourth-order valence-electron chi connectivity index (χ4n) is 1.27. The molecule has 66 valence electrons. The zero-order valence-electron chi connectivity index (χ0n) is 7.45. The van der Waals surface area contributed by atoms with Crippen molar-refractivity contribution in [2.45, 2.75) is 25.9 Å².